The van der Waals surface area contributed by atoms with Gasteiger partial charge >= 0.3 is 0 Å². The van der Waals surface area contributed by atoms with Crippen molar-refractivity contribution in [1.29, 1.82) is 0 Å². The molecule has 1 saturated heterocycles. The number of anilines is 1. The van der Waals surface area contributed by atoms with Gasteiger partial charge in [0.15, 0.2) is 0 Å². The molecule has 1 aromatic rings. The zero-order valence-electron chi connectivity index (χ0n) is 11.2. The number of carbonyl (C=O) groups is 1. The number of primary amides is 1. The molecule has 5 heteroatoms. The first-order valence-electron chi connectivity index (χ1n) is 6.36. The molecular formula is C14H19FN2O2. The van der Waals surface area contributed by atoms with E-state index in [2.05, 4.69) is 0 Å². The van der Waals surface area contributed by atoms with Crippen LogP contribution in [0.3, 0.4) is 0 Å². The first-order valence-corrected chi connectivity index (χ1v) is 6.36. The Morgan fingerprint density at radius 3 is 2.79 bits per heavy atom. The molecule has 1 fully saturated rings. The second kappa shape index (κ2) is 4.81. The van der Waals surface area contributed by atoms with Crippen LogP contribution < -0.4 is 10.6 Å². The Kier molecular flexibility index (Phi) is 3.49. The van der Waals surface area contributed by atoms with Gasteiger partial charge in [0.1, 0.15) is 5.82 Å². The summed E-state index contributed by atoms with van der Waals surface area (Å²) in [6.07, 6.45) is -0.0926. The van der Waals surface area contributed by atoms with Crippen molar-refractivity contribution in [3.63, 3.8) is 0 Å². The van der Waals surface area contributed by atoms with Gasteiger partial charge in [-0.3, -0.25) is 4.79 Å². The van der Waals surface area contributed by atoms with Crippen LogP contribution in [0.1, 0.15) is 31.9 Å². The average molecular weight is 266 g/mol. The van der Waals surface area contributed by atoms with Gasteiger partial charge in [0, 0.05) is 24.3 Å². The van der Waals surface area contributed by atoms with Gasteiger partial charge in [-0.1, -0.05) is 0 Å². The van der Waals surface area contributed by atoms with Crippen molar-refractivity contribution in [3.05, 3.63) is 29.6 Å². The highest BCUT2D eigenvalue weighted by Crippen LogP contribution is 2.36. The van der Waals surface area contributed by atoms with Crippen LogP contribution in [0.2, 0.25) is 0 Å². The second-order valence-corrected chi connectivity index (χ2v) is 5.48. The predicted octanol–water partition coefficient (Wildman–Crippen LogP) is 1.58. The Morgan fingerprint density at radius 1 is 1.58 bits per heavy atom. The van der Waals surface area contributed by atoms with Crippen molar-refractivity contribution in [2.75, 3.05) is 18.0 Å². The third kappa shape index (κ3) is 2.56. The van der Waals surface area contributed by atoms with Crippen LogP contribution in [-0.4, -0.2) is 24.1 Å². The van der Waals surface area contributed by atoms with E-state index in [0.717, 1.165) is 5.69 Å². The van der Waals surface area contributed by atoms with Crippen LogP contribution in [0.25, 0.3) is 0 Å². The molecule has 0 aliphatic carbocycles. The minimum absolute atomic E-state index is 0.323. The SMILES string of the molecule is C[C@H](O)c1cc(F)ccc1N1CCC(C)(C(N)=O)C1. The standard InChI is InChI=1S/C14H19FN2O2/c1-9(18)11-7-10(15)3-4-12(11)17-6-5-14(2,8-17)13(16)19/h3-4,7,9,18H,5-6,8H2,1-2H3,(H2,16,19)/t9-,14?/m0/s1. The number of hydrogen-bond donors (Lipinski definition) is 2. The van der Waals surface area contributed by atoms with Gasteiger partial charge in [0.05, 0.1) is 11.5 Å². The molecule has 0 spiro atoms. The second-order valence-electron chi connectivity index (χ2n) is 5.48. The largest absolute Gasteiger partial charge is 0.389 e. The zero-order chi connectivity index (χ0) is 14.2. The molecule has 0 saturated carbocycles. The fraction of sp³-hybridized carbons (Fsp3) is 0.500. The highest BCUT2D eigenvalue weighted by molar-refractivity contribution is 5.82. The van der Waals surface area contributed by atoms with Crippen LogP contribution in [0, 0.1) is 11.2 Å². The summed E-state index contributed by atoms with van der Waals surface area (Å²) in [6, 6.07) is 4.34. The number of nitrogens with zero attached hydrogens (tertiary/aromatic N) is 1. The molecule has 2 atom stereocenters. The van der Waals surface area contributed by atoms with Crippen molar-refractivity contribution < 1.29 is 14.3 Å². The van der Waals surface area contributed by atoms with Gasteiger partial charge < -0.3 is 15.7 Å². The topological polar surface area (TPSA) is 66.6 Å². The average Bonchev–Trinajstić information content (AvgIpc) is 2.73. The number of aliphatic hydroxyl groups is 1. The number of nitrogens with two attached hydrogens (primary N) is 1. The fourth-order valence-electron chi connectivity index (χ4n) is 2.52. The lowest BCUT2D eigenvalue weighted by molar-refractivity contribution is -0.125. The molecule has 1 heterocycles. The summed E-state index contributed by atoms with van der Waals surface area (Å²) >= 11 is 0. The van der Waals surface area contributed by atoms with Gasteiger partial charge in [-0.05, 0) is 38.5 Å². The first kappa shape index (κ1) is 13.8. The number of aliphatic hydroxyl groups excluding tert-OH is 1. The Balaban J connectivity index is 2.32. The maximum absolute atomic E-state index is 13.3. The maximum atomic E-state index is 13.3. The highest BCUT2D eigenvalue weighted by Gasteiger charge is 2.39. The van der Waals surface area contributed by atoms with E-state index in [0.29, 0.717) is 25.1 Å². The van der Waals surface area contributed by atoms with E-state index in [1.54, 1.807) is 13.0 Å². The Hall–Kier alpha value is -1.62. The molecule has 1 aliphatic rings. The van der Waals surface area contributed by atoms with Crippen molar-refractivity contribution in [2.24, 2.45) is 11.1 Å². The van der Waals surface area contributed by atoms with Crippen LogP contribution in [-0.2, 0) is 4.79 Å². The Labute approximate surface area is 112 Å². The van der Waals surface area contributed by atoms with Crippen molar-refractivity contribution in [2.45, 2.75) is 26.4 Å². The van der Waals surface area contributed by atoms with Crippen LogP contribution >= 0.6 is 0 Å². The molecule has 19 heavy (non-hydrogen) atoms. The molecule has 1 aliphatic heterocycles. The summed E-state index contributed by atoms with van der Waals surface area (Å²) in [5.41, 5.74) is 6.16. The van der Waals surface area contributed by atoms with Crippen LogP contribution in [0.15, 0.2) is 18.2 Å². The zero-order valence-corrected chi connectivity index (χ0v) is 11.2. The number of carbonyl (C=O) groups excluding carboxylic acids is 1. The molecule has 0 radical (unpaired) electrons. The lowest BCUT2D eigenvalue weighted by Crippen LogP contribution is -2.37. The molecule has 1 unspecified atom stereocenters. The monoisotopic (exact) mass is 266 g/mol. The number of rotatable bonds is 3. The molecule has 3 N–H and O–H groups in total. The summed E-state index contributed by atoms with van der Waals surface area (Å²) in [5.74, 6) is -0.702. The lowest BCUT2D eigenvalue weighted by Gasteiger charge is -2.25. The lowest BCUT2D eigenvalue weighted by atomic mass is 9.89. The van der Waals surface area contributed by atoms with E-state index in [1.807, 2.05) is 11.8 Å². The van der Waals surface area contributed by atoms with Gasteiger partial charge in [-0.15, -0.1) is 0 Å². The van der Waals surface area contributed by atoms with E-state index < -0.39 is 11.5 Å². The minimum Gasteiger partial charge on any atom is -0.389 e. The van der Waals surface area contributed by atoms with Crippen molar-refractivity contribution in [3.8, 4) is 0 Å². The van der Waals surface area contributed by atoms with E-state index in [-0.39, 0.29) is 11.7 Å². The number of halogens is 1. The maximum Gasteiger partial charge on any atom is 0.225 e. The van der Waals surface area contributed by atoms with Crippen molar-refractivity contribution >= 4 is 11.6 Å². The summed E-state index contributed by atoms with van der Waals surface area (Å²) in [4.78, 5) is 13.4. The summed E-state index contributed by atoms with van der Waals surface area (Å²) in [6.45, 7) is 4.60. The smallest absolute Gasteiger partial charge is 0.225 e. The number of hydrogen-bond acceptors (Lipinski definition) is 3. The van der Waals surface area contributed by atoms with Crippen LogP contribution in [0.5, 0.6) is 0 Å². The van der Waals surface area contributed by atoms with Gasteiger partial charge in [-0.25, -0.2) is 4.39 Å². The Morgan fingerprint density at radius 2 is 2.26 bits per heavy atom. The number of benzene rings is 1. The molecule has 104 valence electrons. The van der Waals surface area contributed by atoms with E-state index >= 15 is 0 Å². The van der Waals surface area contributed by atoms with Gasteiger partial charge in [0.25, 0.3) is 0 Å². The molecule has 2 rings (SSSR count). The van der Waals surface area contributed by atoms with Crippen LogP contribution in [0.4, 0.5) is 10.1 Å². The molecule has 1 amide bonds. The highest BCUT2D eigenvalue weighted by atomic mass is 19.1. The number of amides is 1. The third-order valence-electron chi connectivity index (χ3n) is 3.85. The van der Waals surface area contributed by atoms with E-state index in [1.165, 1.54) is 12.1 Å². The predicted molar refractivity (Wildman–Crippen MR) is 71.2 cm³/mol. The molecule has 1 aromatic carbocycles. The molecule has 0 aromatic heterocycles. The van der Waals surface area contributed by atoms with E-state index in [9.17, 15) is 14.3 Å². The minimum atomic E-state index is -0.758. The molecular weight excluding hydrogens is 247 g/mol. The summed E-state index contributed by atoms with van der Waals surface area (Å²) in [5, 5.41) is 9.74. The Bertz CT molecular complexity index is 504. The molecule has 0 bridgehead atoms. The summed E-state index contributed by atoms with van der Waals surface area (Å²) in [7, 11) is 0. The molecule has 4 nitrogen and oxygen atoms in total. The fourth-order valence-corrected chi connectivity index (χ4v) is 2.52. The van der Waals surface area contributed by atoms with E-state index in [4.69, 9.17) is 5.73 Å². The summed E-state index contributed by atoms with van der Waals surface area (Å²) < 4.78 is 13.3. The van der Waals surface area contributed by atoms with Gasteiger partial charge in [-0.2, -0.15) is 0 Å². The van der Waals surface area contributed by atoms with Gasteiger partial charge in [0.2, 0.25) is 5.91 Å². The first-order chi connectivity index (χ1) is 8.83. The normalized spacial score (nSPS) is 24.5. The quantitative estimate of drug-likeness (QED) is 0.873. The third-order valence-corrected chi connectivity index (χ3v) is 3.85. The van der Waals surface area contributed by atoms with Crippen molar-refractivity contribution in [1.82, 2.24) is 0 Å².